The largest absolute Gasteiger partial charge is 1.00 e. The predicted molar refractivity (Wildman–Crippen MR) is 97.2 cm³/mol. The summed E-state index contributed by atoms with van der Waals surface area (Å²) >= 11 is 0. The molecule has 0 aliphatic heterocycles. The molecule has 1 rings (SSSR count). The third kappa shape index (κ3) is 9.44. The summed E-state index contributed by atoms with van der Waals surface area (Å²) in [5, 5.41) is 8.97. The van der Waals surface area contributed by atoms with Crippen LogP contribution in [0.4, 0.5) is 0 Å². The second-order valence-electron chi connectivity index (χ2n) is 6.16. The van der Waals surface area contributed by atoms with E-state index in [-0.39, 0.29) is 87.6 Å². The fourth-order valence-corrected chi connectivity index (χ4v) is 3.27. The van der Waals surface area contributed by atoms with Crippen LogP contribution in [0.25, 0.3) is 0 Å². The number of carbonyl (C=O) groups excluding carboxylic acids is 1. The Morgan fingerprint density at radius 3 is 2.22 bits per heavy atom. The first kappa shape index (κ1) is 27.1. The van der Waals surface area contributed by atoms with Gasteiger partial charge in [0.1, 0.15) is 11.0 Å². The third-order valence-corrected chi connectivity index (χ3v) is 4.90. The molecule has 0 saturated heterocycles. The van der Waals surface area contributed by atoms with E-state index < -0.39 is 27.0 Å². The molecule has 148 valence electrons. The normalized spacial score (nSPS) is 12.1. The van der Waals surface area contributed by atoms with Crippen LogP contribution in [0.1, 0.15) is 80.9 Å². The molecule has 0 fully saturated rings. The van der Waals surface area contributed by atoms with Crippen LogP contribution < -0.4 is 68.9 Å². The van der Waals surface area contributed by atoms with Crippen molar-refractivity contribution < 1.29 is 103 Å². The summed E-state index contributed by atoms with van der Waals surface area (Å²) < 4.78 is 37.9. The van der Waals surface area contributed by atoms with Crippen molar-refractivity contribution in [2.75, 3.05) is 0 Å². The van der Waals surface area contributed by atoms with Gasteiger partial charge in [0, 0.05) is 0 Å². The van der Waals surface area contributed by atoms with Crippen molar-refractivity contribution in [3.05, 3.63) is 29.3 Å². The van der Waals surface area contributed by atoms with Gasteiger partial charge in [-0.05, 0) is 37.5 Å². The van der Waals surface area contributed by atoms with Gasteiger partial charge in [0.25, 0.3) is 10.1 Å². The van der Waals surface area contributed by atoms with Crippen LogP contribution in [-0.2, 0) is 14.9 Å². The minimum atomic E-state index is -4.77. The Kier molecular flexibility index (Phi) is 13.4. The van der Waals surface area contributed by atoms with Crippen LogP contribution >= 0.6 is 0 Å². The molecule has 7 nitrogen and oxygen atoms in total. The van der Waals surface area contributed by atoms with Crippen molar-refractivity contribution in [2.45, 2.75) is 69.8 Å². The summed E-state index contributed by atoms with van der Waals surface area (Å²) in [6, 6.07) is 2.91. The zero-order chi connectivity index (χ0) is 19.7. The topological polar surface area (TPSA) is 118 Å². The minimum absolute atomic E-state index is 0. The van der Waals surface area contributed by atoms with Crippen molar-refractivity contribution in [3.8, 4) is 0 Å². The van der Waals surface area contributed by atoms with Crippen molar-refractivity contribution in [1.29, 1.82) is 0 Å². The van der Waals surface area contributed by atoms with E-state index in [1.54, 1.807) is 0 Å². The fraction of sp³-hybridized carbons (Fsp3) is 0.556. The zero-order valence-electron chi connectivity index (χ0n) is 17.1. The molecule has 1 unspecified atom stereocenters. The van der Waals surface area contributed by atoms with Gasteiger partial charge in [0.05, 0.1) is 11.1 Å². The molecule has 9 heteroatoms. The first-order chi connectivity index (χ1) is 12.2. The number of hydrogen-bond acceptors (Lipinski definition) is 5. The van der Waals surface area contributed by atoms with Crippen molar-refractivity contribution in [2.24, 2.45) is 0 Å². The summed E-state index contributed by atoms with van der Waals surface area (Å²) in [5.41, 5.74) is -0.714. The molecular formula is C18H27CsO7S. The number of unbranched alkanes of at least 4 members (excludes halogenated alkanes) is 3. The van der Waals surface area contributed by atoms with E-state index in [2.05, 4.69) is 6.92 Å². The van der Waals surface area contributed by atoms with Crippen LogP contribution in [0.5, 0.6) is 0 Å². The second kappa shape index (κ2) is 13.4. The van der Waals surface area contributed by atoms with Gasteiger partial charge in [0.15, 0.2) is 0 Å². The molecule has 0 bridgehead atoms. The molecule has 0 aliphatic carbocycles. The van der Waals surface area contributed by atoms with Crippen LogP contribution in [0.2, 0.25) is 0 Å². The first-order valence-electron chi connectivity index (χ1n) is 8.76. The van der Waals surface area contributed by atoms with Gasteiger partial charge in [0.2, 0.25) is 0 Å². The summed E-state index contributed by atoms with van der Waals surface area (Å²) in [6.07, 6.45) is 5.72. The Balaban J connectivity index is 0. The van der Waals surface area contributed by atoms with Gasteiger partial charge < -0.3 is 11.3 Å². The smallest absolute Gasteiger partial charge is 1.00 e. The monoisotopic (exact) mass is 520 g/mol. The molecular weight excluding hydrogens is 493 g/mol. The quantitative estimate of drug-likeness (QED) is 0.254. The van der Waals surface area contributed by atoms with E-state index in [1.165, 1.54) is 0 Å². The molecule has 0 radical (unpaired) electrons. The zero-order valence-corrected chi connectivity index (χ0v) is 23.2. The van der Waals surface area contributed by atoms with Crippen molar-refractivity contribution in [1.82, 2.24) is 0 Å². The number of ether oxygens (including phenoxy) is 1. The Morgan fingerprint density at radius 1 is 1.11 bits per heavy atom. The molecule has 2 N–H and O–H groups in total. The van der Waals surface area contributed by atoms with Crippen LogP contribution in [0.3, 0.4) is 0 Å². The molecule has 0 spiro atoms. The maximum atomic E-state index is 12.5. The third-order valence-electron chi connectivity index (χ3n) is 4.01. The number of carboxylic acid groups (broad SMARTS) is 1. The number of esters is 1. The fourth-order valence-electron chi connectivity index (χ4n) is 2.57. The van der Waals surface area contributed by atoms with Crippen LogP contribution in [-0.4, -0.2) is 36.1 Å². The molecule has 0 saturated carbocycles. The number of aromatic carboxylic acids is 1. The SMILES string of the molecule is CCCCCC(CCCC)OC(=O)c1ccc(C(=O)O)cc1S(=O)(=O)O.[Cs+].[H-]. The molecule has 0 aliphatic rings. The van der Waals surface area contributed by atoms with Gasteiger partial charge in [-0.3, -0.25) is 4.55 Å². The second-order valence-corrected chi connectivity index (χ2v) is 7.55. The van der Waals surface area contributed by atoms with Gasteiger partial charge in [-0.15, -0.1) is 0 Å². The van der Waals surface area contributed by atoms with E-state index >= 15 is 0 Å². The summed E-state index contributed by atoms with van der Waals surface area (Å²) in [7, 11) is -4.77. The van der Waals surface area contributed by atoms with Gasteiger partial charge >= 0.3 is 80.8 Å². The Bertz CT molecular complexity index is 737. The number of benzene rings is 1. The van der Waals surface area contributed by atoms with E-state index in [0.29, 0.717) is 12.8 Å². The van der Waals surface area contributed by atoms with Crippen molar-refractivity contribution in [3.63, 3.8) is 0 Å². The number of hydrogen-bond donors (Lipinski definition) is 2. The minimum Gasteiger partial charge on any atom is -1.00 e. The maximum Gasteiger partial charge on any atom is 1.00 e. The van der Waals surface area contributed by atoms with E-state index in [1.807, 2.05) is 6.92 Å². The van der Waals surface area contributed by atoms with Crippen molar-refractivity contribution >= 4 is 22.1 Å². The number of carboxylic acids is 1. The van der Waals surface area contributed by atoms with E-state index in [4.69, 9.17) is 9.84 Å². The van der Waals surface area contributed by atoms with E-state index in [9.17, 15) is 22.6 Å². The Hall–Kier alpha value is 0.122. The standard InChI is InChI=1S/C18H26O7S.Cs.H/c1-3-5-7-9-14(8-6-4-2)25-18(21)15-11-10-13(17(19)20)12-16(15)26(22,23)24;;/h10-12,14H,3-9H2,1-2H3,(H,19,20)(H,22,23,24);;/q;+1;-1. The molecule has 27 heavy (non-hydrogen) atoms. The van der Waals surface area contributed by atoms with E-state index in [0.717, 1.165) is 50.3 Å². The van der Waals surface area contributed by atoms with Gasteiger partial charge in [-0.2, -0.15) is 8.42 Å². The Morgan fingerprint density at radius 2 is 1.70 bits per heavy atom. The first-order valence-corrected chi connectivity index (χ1v) is 10.2. The van der Waals surface area contributed by atoms with Crippen LogP contribution in [0, 0.1) is 0 Å². The maximum absolute atomic E-state index is 12.5. The summed E-state index contributed by atoms with van der Waals surface area (Å²) in [4.78, 5) is 22.7. The van der Waals surface area contributed by atoms with Gasteiger partial charge in [-0.1, -0.05) is 39.5 Å². The van der Waals surface area contributed by atoms with Crippen LogP contribution in [0.15, 0.2) is 23.1 Å². The van der Waals surface area contributed by atoms with Gasteiger partial charge in [-0.25, -0.2) is 9.59 Å². The summed E-state index contributed by atoms with van der Waals surface area (Å²) in [5.74, 6) is -2.25. The predicted octanol–water partition coefficient (Wildman–Crippen LogP) is 1.04. The summed E-state index contributed by atoms with van der Waals surface area (Å²) in [6.45, 7) is 4.08. The molecule has 1 atom stereocenters. The number of rotatable bonds is 11. The molecule has 0 heterocycles. The Labute approximate surface area is 220 Å². The average Bonchev–Trinajstić information content (AvgIpc) is 2.58. The molecule has 1 aromatic carbocycles. The molecule has 0 amide bonds. The average molecular weight is 520 g/mol. The molecule has 1 aromatic rings. The molecule has 0 aromatic heterocycles. The number of carbonyl (C=O) groups is 2.